The zero-order valence-corrected chi connectivity index (χ0v) is 13.9. The van der Waals surface area contributed by atoms with Gasteiger partial charge in [-0.1, -0.05) is 41.9 Å². The molecule has 0 radical (unpaired) electrons. The second kappa shape index (κ2) is 5.67. The summed E-state index contributed by atoms with van der Waals surface area (Å²) in [5.41, 5.74) is -1.23. The van der Waals surface area contributed by atoms with Gasteiger partial charge in [-0.15, -0.1) is 0 Å². The van der Waals surface area contributed by atoms with Crippen LogP contribution in [-0.2, 0) is 9.53 Å². The van der Waals surface area contributed by atoms with Crippen LogP contribution in [0.1, 0.15) is 38.7 Å². The Morgan fingerprint density at radius 3 is 2.38 bits per heavy atom. The number of rotatable bonds is 5. The van der Waals surface area contributed by atoms with E-state index in [1.54, 1.807) is 31.2 Å². The van der Waals surface area contributed by atoms with Crippen LogP contribution >= 0.6 is 15.9 Å². The number of hydrogen-bond donors (Lipinski definition) is 0. The molecule has 2 rings (SSSR count). The third-order valence-electron chi connectivity index (χ3n) is 3.94. The van der Waals surface area contributed by atoms with Crippen LogP contribution in [0.3, 0.4) is 0 Å². The average Bonchev–Trinajstić information content (AvgIpc) is 2.87. The van der Waals surface area contributed by atoms with E-state index in [-0.39, 0.29) is 18.9 Å². The fourth-order valence-electron chi connectivity index (χ4n) is 3.10. The Balaban J connectivity index is 2.40. The quantitative estimate of drug-likeness (QED) is 0.706. The molecule has 21 heavy (non-hydrogen) atoms. The van der Waals surface area contributed by atoms with Gasteiger partial charge < -0.3 is 4.74 Å². The monoisotopic (exact) mass is 360 g/mol. The van der Waals surface area contributed by atoms with E-state index < -0.39 is 23.2 Å². The van der Waals surface area contributed by atoms with Crippen molar-refractivity contribution in [1.82, 2.24) is 0 Å². The van der Waals surface area contributed by atoms with Crippen molar-refractivity contribution in [3.63, 3.8) is 0 Å². The molecule has 0 aliphatic heterocycles. The number of ether oxygens (including phenoxy) is 1. The molecule has 5 heteroatoms. The maximum Gasteiger partial charge on any atom is 0.319 e. The van der Waals surface area contributed by atoms with E-state index >= 15 is 0 Å². The lowest BCUT2D eigenvalue weighted by Crippen LogP contribution is -2.27. The number of carbonyl (C=O) groups is 1. The van der Waals surface area contributed by atoms with Gasteiger partial charge in [0, 0.05) is 4.47 Å². The van der Waals surface area contributed by atoms with Gasteiger partial charge in [-0.3, -0.25) is 4.79 Å². The molecule has 1 saturated carbocycles. The van der Waals surface area contributed by atoms with E-state index in [1.807, 2.05) is 13.8 Å². The minimum atomic E-state index is -3.06. The molecule has 1 aromatic rings. The zero-order chi connectivity index (χ0) is 15.8. The molecule has 1 aliphatic rings. The lowest BCUT2D eigenvalue weighted by atomic mass is 9.89. The Hall–Kier alpha value is -0.970. The Kier molecular flexibility index (Phi) is 4.43. The summed E-state index contributed by atoms with van der Waals surface area (Å²) in [7, 11) is 0. The standard InChI is InChI=1S/C16H19BrF2O2/c1-4-21-14(20)15(9-10(2)3)13(16(15,18)19)11-5-7-12(17)8-6-11/h5-8,10,13H,4,9H2,1-3H3. The summed E-state index contributed by atoms with van der Waals surface area (Å²) in [5.74, 6) is -4.95. The Bertz CT molecular complexity index is 528. The highest BCUT2D eigenvalue weighted by Gasteiger charge is 2.85. The molecular weight excluding hydrogens is 342 g/mol. The summed E-state index contributed by atoms with van der Waals surface area (Å²) < 4.78 is 34.8. The van der Waals surface area contributed by atoms with Crippen molar-refractivity contribution in [2.24, 2.45) is 11.3 Å². The van der Waals surface area contributed by atoms with Gasteiger partial charge in [-0.05, 0) is 37.0 Å². The molecule has 0 amide bonds. The maximum atomic E-state index is 14.5. The van der Waals surface area contributed by atoms with Gasteiger partial charge in [-0.2, -0.15) is 0 Å². The van der Waals surface area contributed by atoms with Gasteiger partial charge >= 0.3 is 5.97 Å². The highest BCUT2D eigenvalue weighted by molar-refractivity contribution is 9.10. The van der Waals surface area contributed by atoms with Gasteiger partial charge in [0.15, 0.2) is 0 Å². The molecule has 2 nitrogen and oxygen atoms in total. The van der Waals surface area contributed by atoms with Gasteiger partial charge in [0.25, 0.3) is 5.92 Å². The van der Waals surface area contributed by atoms with Crippen molar-refractivity contribution in [3.05, 3.63) is 34.3 Å². The van der Waals surface area contributed by atoms with E-state index in [4.69, 9.17) is 4.74 Å². The molecule has 0 spiro atoms. The number of esters is 1. The first kappa shape index (κ1) is 16.4. The Labute approximate surface area is 132 Å². The Morgan fingerprint density at radius 2 is 1.90 bits per heavy atom. The second-order valence-corrected chi connectivity index (χ2v) is 6.81. The van der Waals surface area contributed by atoms with E-state index in [9.17, 15) is 13.6 Å². The molecular formula is C16H19BrF2O2. The molecule has 1 fully saturated rings. The number of halogens is 3. The van der Waals surface area contributed by atoms with Crippen LogP contribution < -0.4 is 0 Å². The summed E-state index contributed by atoms with van der Waals surface area (Å²) in [6, 6.07) is 6.72. The molecule has 116 valence electrons. The highest BCUT2D eigenvalue weighted by atomic mass is 79.9. The largest absolute Gasteiger partial charge is 0.465 e. The molecule has 1 aromatic carbocycles. The summed E-state index contributed by atoms with van der Waals surface area (Å²) in [4.78, 5) is 12.2. The zero-order valence-electron chi connectivity index (χ0n) is 12.3. The molecule has 0 bridgehead atoms. The summed E-state index contributed by atoms with van der Waals surface area (Å²) >= 11 is 3.29. The van der Waals surface area contributed by atoms with Crippen molar-refractivity contribution in [2.75, 3.05) is 6.61 Å². The predicted molar refractivity (Wildman–Crippen MR) is 80.4 cm³/mol. The fourth-order valence-corrected chi connectivity index (χ4v) is 3.37. The highest BCUT2D eigenvalue weighted by Crippen LogP contribution is 2.74. The van der Waals surface area contributed by atoms with Crippen molar-refractivity contribution < 1.29 is 18.3 Å². The molecule has 0 N–H and O–H groups in total. The summed E-state index contributed by atoms with van der Waals surface area (Å²) in [6.07, 6.45) is 0.125. The molecule has 1 aliphatic carbocycles. The van der Waals surface area contributed by atoms with Gasteiger partial charge in [0.05, 0.1) is 12.5 Å². The first-order chi connectivity index (χ1) is 9.77. The molecule has 0 saturated heterocycles. The van der Waals surface area contributed by atoms with Crippen molar-refractivity contribution >= 4 is 21.9 Å². The maximum absolute atomic E-state index is 14.5. The van der Waals surface area contributed by atoms with Crippen LogP contribution in [-0.4, -0.2) is 18.5 Å². The lowest BCUT2D eigenvalue weighted by molar-refractivity contribution is -0.155. The average molecular weight is 361 g/mol. The molecule has 0 heterocycles. The normalized spacial score (nSPS) is 26.7. The van der Waals surface area contributed by atoms with Crippen LogP contribution in [0.25, 0.3) is 0 Å². The van der Waals surface area contributed by atoms with Crippen LogP contribution in [0.15, 0.2) is 28.7 Å². The Morgan fingerprint density at radius 1 is 1.33 bits per heavy atom. The van der Waals surface area contributed by atoms with Crippen molar-refractivity contribution in [2.45, 2.75) is 39.0 Å². The van der Waals surface area contributed by atoms with Crippen LogP contribution in [0.2, 0.25) is 0 Å². The second-order valence-electron chi connectivity index (χ2n) is 5.90. The third kappa shape index (κ3) is 2.60. The van der Waals surface area contributed by atoms with E-state index in [2.05, 4.69) is 15.9 Å². The minimum Gasteiger partial charge on any atom is -0.465 e. The topological polar surface area (TPSA) is 26.3 Å². The first-order valence-electron chi connectivity index (χ1n) is 7.07. The number of hydrogen-bond acceptors (Lipinski definition) is 2. The van der Waals surface area contributed by atoms with E-state index in [0.717, 1.165) is 4.47 Å². The van der Waals surface area contributed by atoms with E-state index in [0.29, 0.717) is 5.56 Å². The van der Waals surface area contributed by atoms with Gasteiger partial charge in [0.1, 0.15) is 5.41 Å². The van der Waals surface area contributed by atoms with Crippen LogP contribution in [0.5, 0.6) is 0 Å². The van der Waals surface area contributed by atoms with Crippen molar-refractivity contribution in [3.8, 4) is 0 Å². The lowest BCUT2D eigenvalue weighted by Gasteiger charge is -2.17. The third-order valence-corrected chi connectivity index (χ3v) is 4.47. The van der Waals surface area contributed by atoms with E-state index in [1.165, 1.54) is 0 Å². The molecule has 0 aromatic heterocycles. The molecule has 2 unspecified atom stereocenters. The fraction of sp³-hybridized carbons (Fsp3) is 0.562. The summed E-state index contributed by atoms with van der Waals surface area (Å²) in [5, 5.41) is 0. The summed E-state index contributed by atoms with van der Waals surface area (Å²) in [6.45, 7) is 5.43. The number of alkyl halides is 2. The number of carbonyl (C=O) groups excluding carboxylic acids is 1. The predicted octanol–water partition coefficient (Wildman–Crippen LogP) is 4.78. The first-order valence-corrected chi connectivity index (χ1v) is 7.87. The van der Waals surface area contributed by atoms with Crippen molar-refractivity contribution in [1.29, 1.82) is 0 Å². The number of benzene rings is 1. The van der Waals surface area contributed by atoms with Crippen LogP contribution in [0, 0.1) is 11.3 Å². The smallest absolute Gasteiger partial charge is 0.319 e. The minimum absolute atomic E-state index is 0.0132. The van der Waals surface area contributed by atoms with Gasteiger partial charge in [0.2, 0.25) is 0 Å². The SMILES string of the molecule is CCOC(=O)C1(CC(C)C)C(c2ccc(Br)cc2)C1(F)F. The van der Waals surface area contributed by atoms with Gasteiger partial charge in [-0.25, -0.2) is 8.78 Å². The van der Waals surface area contributed by atoms with Crippen LogP contribution in [0.4, 0.5) is 8.78 Å². The molecule has 2 atom stereocenters.